The molecule has 0 bridgehead atoms. The lowest BCUT2D eigenvalue weighted by atomic mass is 9.99. The van der Waals surface area contributed by atoms with Gasteiger partial charge in [-0.1, -0.05) is 0 Å². The molecule has 0 saturated carbocycles. The Kier molecular flexibility index (Phi) is 4.05. The lowest BCUT2D eigenvalue weighted by Crippen LogP contribution is -2.52. The van der Waals surface area contributed by atoms with E-state index in [1.165, 1.54) is 25.9 Å². The second kappa shape index (κ2) is 5.36. The molecule has 1 N–H and O–H groups in total. The maximum Gasteiger partial charge on any atom is 0.242 e. The van der Waals surface area contributed by atoms with Gasteiger partial charge in [-0.25, -0.2) is 0 Å². The Bertz CT molecular complexity index is 268. The minimum atomic E-state index is -0.306. The number of hydrogen-bond donors (Lipinski definition) is 1. The number of rotatable bonds is 4. The van der Waals surface area contributed by atoms with Crippen molar-refractivity contribution >= 4 is 5.91 Å². The first kappa shape index (κ1) is 12.8. The predicted molar refractivity (Wildman–Crippen MR) is 69.0 cm³/mol. The lowest BCUT2D eigenvalue weighted by Gasteiger charge is -2.30. The first-order chi connectivity index (χ1) is 8.12. The van der Waals surface area contributed by atoms with Crippen molar-refractivity contribution in [1.82, 2.24) is 15.1 Å². The van der Waals surface area contributed by atoms with Gasteiger partial charge in [0.1, 0.15) is 0 Å². The van der Waals surface area contributed by atoms with Gasteiger partial charge in [0.25, 0.3) is 0 Å². The highest BCUT2D eigenvalue weighted by molar-refractivity contribution is 5.86. The fourth-order valence-corrected chi connectivity index (χ4v) is 2.90. The van der Waals surface area contributed by atoms with Gasteiger partial charge in [-0.3, -0.25) is 4.79 Å². The summed E-state index contributed by atoms with van der Waals surface area (Å²) < 4.78 is 0. The first-order valence-electron chi connectivity index (χ1n) is 6.85. The molecule has 4 nitrogen and oxygen atoms in total. The molecule has 2 heterocycles. The van der Waals surface area contributed by atoms with E-state index in [2.05, 4.69) is 10.2 Å². The van der Waals surface area contributed by atoms with Gasteiger partial charge in [-0.2, -0.15) is 0 Å². The quantitative estimate of drug-likeness (QED) is 0.784. The molecule has 4 heteroatoms. The van der Waals surface area contributed by atoms with Crippen LogP contribution in [-0.4, -0.2) is 61.0 Å². The van der Waals surface area contributed by atoms with Crippen molar-refractivity contribution in [3.63, 3.8) is 0 Å². The summed E-state index contributed by atoms with van der Waals surface area (Å²) in [5.41, 5.74) is -0.306. The highest BCUT2D eigenvalue weighted by Crippen LogP contribution is 2.20. The van der Waals surface area contributed by atoms with E-state index in [4.69, 9.17) is 0 Å². The van der Waals surface area contributed by atoms with Crippen LogP contribution >= 0.6 is 0 Å². The van der Waals surface area contributed by atoms with E-state index in [1.54, 1.807) is 0 Å². The second-order valence-corrected chi connectivity index (χ2v) is 5.64. The molecule has 0 aliphatic carbocycles. The first-order valence-corrected chi connectivity index (χ1v) is 6.85. The molecule has 2 fully saturated rings. The van der Waals surface area contributed by atoms with Crippen LogP contribution in [0.1, 0.15) is 32.6 Å². The Balaban J connectivity index is 1.78. The van der Waals surface area contributed by atoms with Crippen molar-refractivity contribution in [2.45, 2.75) is 38.1 Å². The smallest absolute Gasteiger partial charge is 0.242 e. The molecular formula is C13H25N3O. The third-order valence-corrected chi connectivity index (χ3v) is 4.14. The van der Waals surface area contributed by atoms with Crippen LogP contribution in [0.3, 0.4) is 0 Å². The summed E-state index contributed by atoms with van der Waals surface area (Å²) in [4.78, 5) is 16.7. The van der Waals surface area contributed by atoms with Crippen LogP contribution in [0.2, 0.25) is 0 Å². The second-order valence-electron chi connectivity index (χ2n) is 5.64. The largest absolute Gasteiger partial charge is 0.343 e. The number of carbonyl (C=O) groups is 1. The number of carbonyl (C=O) groups excluding carboxylic acids is 1. The van der Waals surface area contributed by atoms with Gasteiger partial charge in [0.05, 0.1) is 5.54 Å². The van der Waals surface area contributed by atoms with Gasteiger partial charge in [0.15, 0.2) is 0 Å². The van der Waals surface area contributed by atoms with E-state index in [0.29, 0.717) is 0 Å². The Morgan fingerprint density at radius 1 is 1.35 bits per heavy atom. The zero-order chi connectivity index (χ0) is 12.3. The number of likely N-dealkylation sites (tertiary alicyclic amines) is 1. The number of nitrogens with one attached hydrogen (secondary N) is 1. The molecule has 2 aliphatic heterocycles. The summed E-state index contributed by atoms with van der Waals surface area (Å²) in [7, 11) is 1.93. The molecular weight excluding hydrogens is 214 g/mol. The highest BCUT2D eigenvalue weighted by Gasteiger charge is 2.37. The summed E-state index contributed by atoms with van der Waals surface area (Å²) in [6.07, 6.45) is 4.72. The molecule has 0 aromatic rings. The molecule has 0 radical (unpaired) electrons. The minimum absolute atomic E-state index is 0.259. The molecule has 0 aromatic heterocycles. The van der Waals surface area contributed by atoms with Gasteiger partial charge in [0.2, 0.25) is 5.91 Å². The van der Waals surface area contributed by atoms with E-state index >= 15 is 0 Å². The van der Waals surface area contributed by atoms with Crippen LogP contribution in [-0.2, 0) is 4.79 Å². The lowest BCUT2D eigenvalue weighted by molar-refractivity contribution is -0.136. The van der Waals surface area contributed by atoms with Crippen molar-refractivity contribution in [2.24, 2.45) is 0 Å². The van der Waals surface area contributed by atoms with Gasteiger partial charge in [-0.15, -0.1) is 0 Å². The fraction of sp³-hybridized carbons (Fsp3) is 0.923. The van der Waals surface area contributed by atoms with E-state index in [-0.39, 0.29) is 11.4 Å². The Morgan fingerprint density at radius 2 is 2.06 bits per heavy atom. The van der Waals surface area contributed by atoms with E-state index in [0.717, 1.165) is 32.5 Å². The van der Waals surface area contributed by atoms with E-state index in [1.807, 2.05) is 18.9 Å². The van der Waals surface area contributed by atoms with Gasteiger partial charge >= 0.3 is 0 Å². The van der Waals surface area contributed by atoms with Crippen molar-refractivity contribution in [3.05, 3.63) is 0 Å². The third-order valence-electron chi connectivity index (χ3n) is 4.14. The minimum Gasteiger partial charge on any atom is -0.343 e. The zero-order valence-corrected chi connectivity index (χ0v) is 11.2. The zero-order valence-electron chi connectivity index (χ0n) is 11.2. The third kappa shape index (κ3) is 2.99. The molecule has 1 amide bonds. The van der Waals surface area contributed by atoms with Crippen LogP contribution in [0.15, 0.2) is 0 Å². The molecule has 1 atom stereocenters. The maximum atomic E-state index is 12.3. The Labute approximate surface area is 104 Å². The summed E-state index contributed by atoms with van der Waals surface area (Å²) >= 11 is 0. The molecule has 1 unspecified atom stereocenters. The maximum absolute atomic E-state index is 12.3. The van der Waals surface area contributed by atoms with Gasteiger partial charge in [0, 0.05) is 20.1 Å². The summed E-state index contributed by atoms with van der Waals surface area (Å²) in [5.74, 6) is 0.259. The standard InChI is InChI=1S/C13H25N3O/c1-13(6-5-7-14-13)12(17)15(2)10-11-16-8-3-4-9-16/h14H,3-11H2,1-2H3. The summed E-state index contributed by atoms with van der Waals surface area (Å²) in [6.45, 7) is 7.31. The van der Waals surface area contributed by atoms with Crippen LogP contribution in [0.5, 0.6) is 0 Å². The van der Waals surface area contributed by atoms with Gasteiger partial charge in [-0.05, 0) is 52.2 Å². The highest BCUT2D eigenvalue weighted by atomic mass is 16.2. The topological polar surface area (TPSA) is 35.6 Å². The SMILES string of the molecule is CN(CCN1CCCC1)C(=O)C1(C)CCCN1. The fourth-order valence-electron chi connectivity index (χ4n) is 2.90. The van der Waals surface area contributed by atoms with Crippen LogP contribution in [0.4, 0.5) is 0 Å². The molecule has 2 saturated heterocycles. The normalized spacial score (nSPS) is 29.8. The van der Waals surface area contributed by atoms with Gasteiger partial charge < -0.3 is 15.1 Å². The number of likely N-dealkylation sites (N-methyl/N-ethyl adjacent to an activating group) is 1. The molecule has 2 rings (SSSR count). The van der Waals surface area contributed by atoms with Crippen LogP contribution in [0.25, 0.3) is 0 Å². The Morgan fingerprint density at radius 3 is 2.65 bits per heavy atom. The molecule has 98 valence electrons. The number of hydrogen-bond acceptors (Lipinski definition) is 3. The van der Waals surface area contributed by atoms with Crippen molar-refractivity contribution < 1.29 is 4.79 Å². The summed E-state index contributed by atoms with van der Waals surface area (Å²) in [5, 5.41) is 3.34. The summed E-state index contributed by atoms with van der Waals surface area (Å²) in [6, 6.07) is 0. The molecule has 2 aliphatic rings. The number of amides is 1. The molecule has 0 spiro atoms. The molecule has 0 aromatic carbocycles. The van der Waals surface area contributed by atoms with Crippen LogP contribution < -0.4 is 5.32 Å². The van der Waals surface area contributed by atoms with Crippen molar-refractivity contribution in [3.8, 4) is 0 Å². The van der Waals surface area contributed by atoms with Crippen LogP contribution in [0, 0.1) is 0 Å². The number of nitrogens with zero attached hydrogens (tertiary/aromatic N) is 2. The van der Waals surface area contributed by atoms with Crippen molar-refractivity contribution in [1.29, 1.82) is 0 Å². The molecule has 17 heavy (non-hydrogen) atoms. The average Bonchev–Trinajstić information content (AvgIpc) is 2.96. The van der Waals surface area contributed by atoms with Crippen molar-refractivity contribution in [2.75, 3.05) is 39.8 Å². The predicted octanol–water partition coefficient (Wildman–Crippen LogP) is 0.683. The monoisotopic (exact) mass is 239 g/mol. The Hall–Kier alpha value is -0.610. The van der Waals surface area contributed by atoms with E-state index in [9.17, 15) is 4.79 Å². The average molecular weight is 239 g/mol. The van der Waals surface area contributed by atoms with E-state index < -0.39 is 0 Å².